The molecule has 0 unspecified atom stereocenters. The number of nitrogens with one attached hydrogen (secondary N) is 4. The number of hydrogen-bond acceptors (Lipinski definition) is 6. The largest absolute Gasteiger partial charge is 0.454 e. The third-order valence-electron chi connectivity index (χ3n) is 5.64. The van der Waals surface area contributed by atoms with Crippen molar-refractivity contribution in [3.05, 3.63) is 78.0 Å². The molecule has 0 saturated carbocycles. The summed E-state index contributed by atoms with van der Waals surface area (Å²) in [5, 5.41) is 11.2. The van der Waals surface area contributed by atoms with E-state index in [-0.39, 0.29) is 34.9 Å². The van der Waals surface area contributed by atoms with Gasteiger partial charge in [-0.05, 0) is 74.0 Å². The van der Waals surface area contributed by atoms with E-state index in [9.17, 15) is 18.4 Å². The smallest absolute Gasteiger partial charge is 0.230 e. The molecule has 0 radical (unpaired) electrons. The summed E-state index contributed by atoms with van der Waals surface area (Å²) in [4.78, 5) is 28.7. The number of rotatable bonds is 7. The molecule has 2 heterocycles. The van der Waals surface area contributed by atoms with Crippen LogP contribution in [0.4, 0.5) is 20.3 Å². The first-order valence-corrected chi connectivity index (χ1v) is 12.1. The van der Waals surface area contributed by atoms with Gasteiger partial charge in [-0.1, -0.05) is 12.1 Å². The fourth-order valence-corrected chi connectivity index (χ4v) is 4.00. The molecular formula is C26H25F2N5O3S. The van der Waals surface area contributed by atoms with Crippen LogP contribution in [0.1, 0.15) is 18.4 Å². The molecule has 1 saturated heterocycles. The van der Waals surface area contributed by atoms with Crippen molar-refractivity contribution < 1.29 is 23.1 Å². The van der Waals surface area contributed by atoms with Crippen LogP contribution in [-0.4, -0.2) is 35.0 Å². The van der Waals surface area contributed by atoms with Gasteiger partial charge in [-0.2, -0.15) is 0 Å². The number of hydrogen-bond donors (Lipinski definition) is 4. The molecule has 11 heteroatoms. The van der Waals surface area contributed by atoms with E-state index in [1.54, 1.807) is 6.07 Å². The Morgan fingerprint density at radius 1 is 1.03 bits per heavy atom. The normalized spacial score (nSPS) is 13.5. The highest BCUT2D eigenvalue weighted by Crippen LogP contribution is 2.28. The monoisotopic (exact) mass is 525 g/mol. The standard InChI is InChI=1S/C26H25F2N5O3S/c27-18-3-1-16(2-4-18)13-24(34)33-26(37)31-19-5-6-22(21(28)14-19)36-20-9-12-30-23(15-20)32-25(35)17-7-10-29-11-8-17/h1-6,9,12,14-15,17,29H,7-8,10-11,13H2,(H,30,32,35)(H2,31,33,34,37). The molecule has 1 aliphatic heterocycles. The summed E-state index contributed by atoms with van der Waals surface area (Å²) in [7, 11) is 0. The van der Waals surface area contributed by atoms with Crippen molar-refractivity contribution in [1.29, 1.82) is 0 Å². The summed E-state index contributed by atoms with van der Waals surface area (Å²) in [5.74, 6) is -1.05. The lowest BCUT2D eigenvalue weighted by Crippen LogP contribution is -2.35. The number of carbonyl (C=O) groups is 2. The van der Waals surface area contributed by atoms with Crippen LogP contribution in [0.15, 0.2) is 60.8 Å². The molecule has 192 valence electrons. The summed E-state index contributed by atoms with van der Waals surface area (Å²) in [6, 6.07) is 12.8. The maximum Gasteiger partial charge on any atom is 0.230 e. The fourth-order valence-electron chi connectivity index (χ4n) is 3.76. The Kier molecular flexibility index (Phi) is 8.70. The van der Waals surface area contributed by atoms with Gasteiger partial charge in [0.05, 0.1) is 6.42 Å². The predicted octanol–water partition coefficient (Wildman–Crippen LogP) is 4.15. The summed E-state index contributed by atoms with van der Waals surface area (Å²) >= 11 is 5.12. The zero-order valence-corrected chi connectivity index (χ0v) is 20.5. The maximum atomic E-state index is 14.7. The maximum absolute atomic E-state index is 14.7. The molecular weight excluding hydrogens is 500 g/mol. The minimum absolute atomic E-state index is 0.00940. The van der Waals surface area contributed by atoms with E-state index in [1.807, 2.05) is 0 Å². The summed E-state index contributed by atoms with van der Waals surface area (Å²) in [5.41, 5.74) is 0.931. The van der Waals surface area contributed by atoms with Crippen LogP contribution in [0.5, 0.6) is 11.5 Å². The van der Waals surface area contributed by atoms with Crippen molar-refractivity contribution in [2.24, 2.45) is 5.92 Å². The second-order valence-corrected chi connectivity index (χ2v) is 8.85. The number of halogens is 2. The molecule has 1 fully saturated rings. The van der Waals surface area contributed by atoms with E-state index < -0.39 is 11.7 Å². The zero-order valence-electron chi connectivity index (χ0n) is 19.7. The lowest BCUT2D eigenvalue weighted by atomic mass is 9.97. The highest BCUT2D eigenvalue weighted by molar-refractivity contribution is 7.80. The summed E-state index contributed by atoms with van der Waals surface area (Å²) in [6.07, 6.45) is 2.99. The van der Waals surface area contributed by atoms with Crippen LogP contribution < -0.4 is 26.0 Å². The molecule has 37 heavy (non-hydrogen) atoms. The van der Waals surface area contributed by atoms with Crippen molar-refractivity contribution >= 4 is 40.6 Å². The van der Waals surface area contributed by atoms with Gasteiger partial charge in [0.2, 0.25) is 11.8 Å². The predicted molar refractivity (Wildman–Crippen MR) is 139 cm³/mol. The molecule has 4 N–H and O–H groups in total. The Labute approximate surface area is 217 Å². The Morgan fingerprint density at radius 2 is 1.78 bits per heavy atom. The summed E-state index contributed by atoms with van der Waals surface area (Å²) < 4.78 is 33.3. The number of aromatic nitrogens is 1. The van der Waals surface area contributed by atoms with Crippen molar-refractivity contribution in [1.82, 2.24) is 15.6 Å². The van der Waals surface area contributed by atoms with Crippen molar-refractivity contribution in [3.63, 3.8) is 0 Å². The molecule has 3 aromatic rings. The van der Waals surface area contributed by atoms with Crippen LogP contribution in [-0.2, 0) is 16.0 Å². The number of benzene rings is 2. The molecule has 1 aliphatic rings. The molecule has 2 amide bonds. The molecule has 2 aromatic carbocycles. The van der Waals surface area contributed by atoms with E-state index in [4.69, 9.17) is 17.0 Å². The number of anilines is 2. The molecule has 0 aliphatic carbocycles. The molecule has 1 aromatic heterocycles. The van der Waals surface area contributed by atoms with Crippen molar-refractivity contribution in [2.45, 2.75) is 19.3 Å². The van der Waals surface area contributed by atoms with Gasteiger partial charge in [-0.15, -0.1) is 0 Å². The second-order valence-electron chi connectivity index (χ2n) is 8.44. The first-order valence-electron chi connectivity index (χ1n) is 11.7. The van der Waals surface area contributed by atoms with E-state index in [2.05, 4.69) is 26.3 Å². The van der Waals surface area contributed by atoms with Crippen LogP contribution in [0, 0.1) is 17.6 Å². The lowest BCUT2D eigenvalue weighted by molar-refractivity contribution is -0.120. The minimum Gasteiger partial charge on any atom is -0.454 e. The minimum atomic E-state index is -0.664. The average Bonchev–Trinajstić information content (AvgIpc) is 2.88. The van der Waals surface area contributed by atoms with Gasteiger partial charge in [-0.3, -0.25) is 9.59 Å². The van der Waals surface area contributed by atoms with Crippen LogP contribution in [0.25, 0.3) is 0 Å². The van der Waals surface area contributed by atoms with E-state index in [0.717, 1.165) is 25.9 Å². The van der Waals surface area contributed by atoms with Crippen molar-refractivity contribution in [2.75, 3.05) is 23.7 Å². The number of amides is 2. The number of carbonyl (C=O) groups excluding carboxylic acids is 2. The topological polar surface area (TPSA) is 104 Å². The van der Waals surface area contributed by atoms with Gasteiger partial charge in [0.25, 0.3) is 0 Å². The quantitative estimate of drug-likeness (QED) is 0.344. The number of nitrogens with zero attached hydrogens (tertiary/aromatic N) is 1. The SMILES string of the molecule is O=C(Cc1ccc(F)cc1)NC(=S)Nc1ccc(Oc2ccnc(NC(=O)C3CCNCC3)c2)c(F)c1. The third-order valence-corrected chi connectivity index (χ3v) is 5.85. The lowest BCUT2D eigenvalue weighted by Gasteiger charge is -2.21. The molecule has 0 spiro atoms. The Bertz CT molecular complexity index is 1280. The number of thiocarbonyl (C=S) groups is 1. The van der Waals surface area contributed by atoms with Crippen LogP contribution >= 0.6 is 12.2 Å². The van der Waals surface area contributed by atoms with E-state index >= 15 is 0 Å². The Balaban J connectivity index is 1.31. The number of piperidine rings is 1. The zero-order chi connectivity index (χ0) is 26.2. The van der Waals surface area contributed by atoms with Gasteiger partial charge in [0, 0.05) is 29.9 Å². The highest BCUT2D eigenvalue weighted by atomic mass is 32.1. The van der Waals surface area contributed by atoms with Gasteiger partial charge in [-0.25, -0.2) is 13.8 Å². The third kappa shape index (κ3) is 7.76. The van der Waals surface area contributed by atoms with E-state index in [0.29, 0.717) is 22.8 Å². The summed E-state index contributed by atoms with van der Waals surface area (Å²) in [6.45, 7) is 1.60. The Hall–Kier alpha value is -3.96. The number of ether oxygens (including phenoxy) is 1. The Morgan fingerprint density at radius 3 is 2.51 bits per heavy atom. The molecule has 0 atom stereocenters. The van der Waals surface area contributed by atoms with Gasteiger partial charge in [0.1, 0.15) is 17.4 Å². The van der Waals surface area contributed by atoms with Crippen molar-refractivity contribution in [3.8, 4) is 11.5 Å². The molecule has 4 rings (SSSR count). The van der Waals surface area contributed by atoms with E-state index in [1.165, 1.54) is 54.7 Å². The highest BCUT2D eigenvalue weighted by Gasteiger charge is 2.21. The number of pyridine rings is 1. The molecule has 0 bridgehead atoms. The van der Waals surface area contributed by atoms with Gasteiger partial charge in [0.15, 0.2) is 16.7 Å². The molecule has 8 nitrogen and oxygen atoms in total. The average molecular weight is 526 g/mol. The fraction of sp³-hybridized carbons (Fsp3) is 0.231. The van der Waals surface area contributed by atoms with Gasteiger partial charge >= 0.3 is 0 Å². The first-order chi connectivity index (χ1) is 17.9. The van der Waals surface area contributed by atoms with Gasteiger partial charge < -0.3 is 26.0 Å². The van der Waals surface area contributed by atoms with Crippen LogP contribution in [0.2, 0.25) is 0 Å². The first kappa shape index (κ1) is 26.1. The van der Waals surface area contributed by atoms with Crippen LogP contribution in [0.3, 0.4) is 0 Å². The second kappa shape index (κ2) is 12.3.